The normalized spacial score (nSPS) is 17.7. The molecule has 0 aliphatic carbocycles. The Hall–Kier alpha value is -0.610. The van der Waals surface area contributed by atoms with E-state index < -0.39 is 0 Å². The predicted molar refractivity (Wildman–Crippen MR) is 64.4 cm³/mol. The number of piperidine rings is 1. The van der Waals surface area contributed by atoms with E-state index >= 15 is 0 Å². The van der Waals surface area contributed by atoms with Crippen molar-refractivity contribution in [2.75, 3.05) is 46.9 Å². The Morgan fingerprint density at radius 2 is 1.94 bits per heavy atom. The maximum Gasteiger partial charge on any atom is 0.306 e. The van der Waals surface area contributed by atoms with Crippen LogP contribution in [0.2, 0.25) is 0 Å². The first-order chi connectivity index (χ1) is 7.72. The van der Waals surface area contributed by atoms with Crippen LogP contribution in [0.5, 0.6) is 0 Å². The van der Waals surface area contributed by atoms with Gasteiger partial charge in [-0.3, -0.25) is 4.79 Å². The van der Waals surface area contributed by atoms with Crippen LogP contribution in [0.1, 0.15) is 25.7 Å². The van der Waals surface area contributed by atoms with Crippen molar-refractivity contribution >= 4 is 5.97 Å². The number of hydrogen-bond acceptors (Lipinski definition) is 4. The molecular formula is C12H24N2O2. The highest BCUT2D eigenvalue weighted by molar-refractivity contribution is 5.69. The van der Waals surface area contributed by atoms with Gasteiger partial charge in [0.2, 0.25) is 0 Å². The van der Waals surface area contributed by atoms with Gasteiger partial charge in [0, 0.05) is 19.6 Å². The Kier molecular flexibility index (Phi) is 6.42. The zero-order valence-corrected chi connectivity index (χ0v) is 10.6. The lowest BCUT2D eigenvalue weighted by Gasteiger charge is -2.28. The molecule has 16 heavy (non-hydrogen) atoms. The summed E-state index contributed by atoms with van der Waals surface area (Å²) in [6, 6.07) is 0. The molecule has 4 heteroatoms. The lowest BCUT2D eigenvalue weighted by Crippen LogP contribution is -2.37. The molecule has 0 spiro atoms. The molecule has 0 saturated carbocycles. The van der Waals surface area contributed by atoms with E-state index in [1.54, 1.807) is 0 Å². The summed E-state index contributed by atoms with van der Waals surface area (Å²) >= 11 is 0. The van der Waals surface area contributed by atoms with Gasteiger partial charge in [-0.15, -0.1) is 0 Å². The van der Waals surface area contributed by atoms with E-state index in [0.717, 1.165) is 19.6 Å². The highest BCUT2D eigenvalue weighted by Gasteiger charge is 2.11. The molecule has 0 amide bonds. The number of likely N-dealkylation sites (N-methyl/N-ethyl adjacent to an activating group) is 1. The molecule has 1 fully saturated rings. The smallest absolute Gasteiger partial charge is 0.306 e. The summed E-state index contributed by atoms with van der Waals surface area (Å²) in [6.07, 6.45) is 4.55. The Bertz CT molecular complexity index is 203. The molecule has 0 unspecified atom stereocenters. The van der Waals surface area contributed by atoms with Gasteiger partial charge >= 0.3 is 5.97 Å². The Balaban J connectivity index is 2.04. The fraction of sp³-hybridized carbons (Fsp3) is 0.917. The molecule has 0 radical (unpaired) electrons. The minimum Gasteiger partial charge on any atom is -0.469 e. The van der Waals surface area contributed by atoms with E-state index in [1.165, 1.54) is 39.5 Å². The topological polar surface area (TPSA) is 32.8 Å². The molecule has 1 aliphatic rings. The first-order valence-electron chi connectivity index (χ1n) is 6.20. The van der Waals surface area contributed by atoms with Gasteiger partial charge < -0.3 is 14.5 Å². The van der Waals surface area contributed by atoms with Crippen LogP contribution in [-0.4, -0.2) is 62.7 Å². The molecule has 0 aromatic carbocycles. The van der Waals surface area contributed by atoms with Gasteiger partial charge in [-0.2, -0.15) is 0 Å². The van der Waals surface area contributed by atoms with Crippen molar-refractivity contribution in [2.45, 2.75) is 25.7 Å². The Morgan fingerprint density at radius 3 is 2.56 bits per heavy atom. The van der Waals surface area contributed by atoms with Crippen LogP contribution < -0.4 is 0 Å². The summed E-state index contributed by atoms with van der Waals surface area (Å²) in [5.74, 6) is -0.121. The molecule has 1 heterocycles. The second kappa shape index (κ2) is 7.63. The van der Waals surface area contributed by atoms with E-state index in [4.69, 9.17) is 0 Å². The van der Waals surface area contributed by atoms with Gasteiger partial charge in [0.05, 0.1) is 13.5 Å². The van der Waals surface area contributed by atoms with E-state index in [9.17, 15) is 4.79 Å². The maximum absolute atomic E-state index is 11.0. The number of rotatable bonds is 6. The molecule has 0 aromatic heterocycles. The van der Waals surface area contributed by atoms with Gasteiger partial charge in [-0.05, 0) is 33.0 Å². The van der Waals surface area contributed by atoms with Crippen LogP contribution in [0, 0.1) is 0 Å². The fourth-order valence-corrected chi connectivity index (χ4v) is 1.99. The van der Waals surface area contributed by atoms with Crippen LogP contribution in [-0.2, 0) is 9.53 Å². The van der Waals surface area contributed by atoms with Gasteiger partial charge in [0.1, 0.15) is 0 Å². The minimum absolute atomic E-state index is 0.121. The van der Waals surface area contributed by atoms with Crippen LogP contribution in [0.15, 0.2) is 0 Å². The van der Waals surface area contributed by atoms with E-state index in [1.807, 2.05) is 0 Å². The number of carbonyl (C=O) groups excluding carboxylic acids is 1. The second-order valence-electron chi connectivity index (χ2n) is 4.53. The molecule has 1 aliphatic heterocycles. The standard InChI is InChI=1S/C12H24N2O2/c1-13(9-6-12(15)16-2)10-11-14-7-4-3-5-8-14/h3-11H2,1-2H3. The van der Waals surface area contributed by atoms with Crippen molar-refractivity contribution in [3.63, 3.8) is 0 Å². The van der Waals surface area contributed by atoms with Crippen LogP contribution in [0.25, 0.3) is 0 Å². The summed E-state index contributed by atoms with van der Waals surface area (Å²) < 4.78 is 4.62. The van der Waals surface area contributed by atoms with Gasteiger partial charge in [0.25, 0.3) is 0 Å². The first-order valence-corrected chi connectivity index (χ1v) is 6.20. The van der Waals surface area contributed by atoms with E-state index in [2.05, 4.69) is 21.6 Å². The molecule has 0 N–H and O–H groups in total. The molecule has 0 aromatic rings. The molecular weight excluding hydrogens is 204 g/mol. The number of hydrogen-bond donors (Lipinski definition) is 0. The number of ether oxygens (including phenoxy) is 1. The highest BCUT2D eigenvalue weighted by Crippen LogP contribution is 2.07. The summed E-state index contributed by atoms with van der Waals surface area (Å²) in [7, 11) is 3.50. The zero-order valence-electron chi connectivity index (χ0n) is 10.6. The third-order valence-corrected chi connectivity index (χ3v) is 3.17. The summed E-state index contributed by atoms with van der Waals surface area (Å²) in [4.78, 5) is 15.7. The number of nitrogens with zero attached hydrogens (tertiary/aromatic N) is 2. The molecule has 94 valence electrons. The van der Waals surface area contributed by atoms with Gasteiger partial charge in [0.15, 0.2) is 0 Å². The third-order valence-electron chi connectivity index (χ3n) is 3.17. The van der Waals surface area contributed by atoms with Crippen molar-refractivity contribution in [1.29, 1.82) is 0 Å². The average Bonchev–Trinajstić information content (AvgIpc) is 2.34. The van der Waals surface area contributed by atoms with E-state index in [-0.39, 0.29) is 5.97 Å². The predicted octanol–water partition coefficient (Wildman–Crippen LogP) is 0.967. The lowest BCUT2D eigenvalue weighted by atomic mass is 10.1. The quantitative estimate of drug-likeness (QED) is 0.634. The van der Waals surface area contributed by atoms with Crippen molar-refractivity contribution in [1.82, 2.24) is 9.80 Å². The average molecular weight is 228 g/mol. The maximum atomic E-state index is 11.0. The molecule has 0 bridgehead atoms. The third kappa shape index (κ3) is 5.47. The van der Waals surface area contributed by atoms with Crippen molar-refractivity contribution < 1.29 is 9.53 Å². The van der Waals surface area contributed by atoms with Gasteiger partial charge in [-0.25, -0.2) is 0 Å². The fourth-order valence-electron chi connectivity index (χ4n) is 1.99. The Labute approximate surface area is 98.5 Å². The minimum atomic E-state index is -0.121. The number of likely N-dealkylation sites (tertiary alicyclic amines) is 1. The number of carbonyl (C=O) groups is 1. The summed E-state index contributed by atoms with van der Waals surface area (Å²) in [5, 5.41) is 0. The van der Waals surface area contributed by atoms with Gasteiger partial charge in [-0.1, -0.05) is 6.42 Å². The van der Waals surface area contributed by atoms with Crippen molar-refractivity contribution in [3.8, 4) is 0 Å². The lowest BCUT2D eigenvalue weighted by molar-refractivity contribution is -0.140. The molecule has 1 rings (SSSR count). The highest BCUT2D eigenvalue weighted by atomic mass is 16.5. The molecule has 4 nitrogen and oxygen atoms in total. The van der Waals surface area contributed by atoms with E-state index in [0.29, 0.717) is 6.42 Å². The SMILES string of the molecule is COC(=O)CCN(C)CCN1CCCCC1. The first kappa shape index (κ1) is 13.5. The van der Waals surface area contributed by atoms with Crippen LogP contribution in [0.3, 0.4) is 0 Å². The summed E-state index contributed by atoms with van der Waals surface area (Å²) in [6.45, 7) is 5.44. The number of esters is 1. The van der Waals surface area contributed by atoms with Crippen LogP contribution in [0.4, 0.5) is 0 Å². The molecule has 0 atom stereocenters. The zero-order chi connectivity index (χ0) is 11.8. The second-order valence-corrected chi connectivity index (χ2v) is 4.53. The number of methoxy groups -OCH3 is 1. The summed E-state index contributed by atoms with van der Waals surface area (Å²) in [5.41, 5.74) is 0. The molecule has 1 saturated heterocycles. The largest absolute Gasteiger partial charge is 0.469 e. The Morgan fingerprint density at radius 1 is 1.25 bits per heavy atom. The van der Waals surface area contributed by atoms with Crippen molar-refractivity contribution in [3.05, 3.63) is 0 Å². The van der Waals surface area contributed by atoms with Crippen molar-refractivity contribution in [2.24, 2.45) is 0 Å². The monoisotopic (exact) mass is 228 g/mol. The van der Waals surface area contributed by atoms with Crippen LogP contribution >= 0.6 is 0 Å².